The smallest absolute Gasteiger partial charge is 0.141 e. The summed E-state index contributed by atoms with van der Waals surface area (Å²) in [6.07, 6.45) is 6.50. The monoisotopic (exact) mass is 403 g/mol. The molecule has 3 aromatic heterocycles. The summed E-state index contributed by atoms with van der Waals surface area (Å²) in [5, 5.41) is 10.7. The van der Waals surface area contributed by atoms with E-state index in [9.17, 15) is 8.78 Å². The van der Waals surface area contributed by atoms with Crippen molar-refractivity contribution >= 4 is 21.9 Å². The molecular formula is C23H19F2N5. The number of aromatic amines is 1. The van der Waals surface area contributed by atoms with Gasteiger partial charge < -0.3 is 4.98 Å². The second kappa shape index (κ2) is 7.47. The third-order valence-corrected chi connectivity index (χ3v) is 5.75. The van der Waals surface area contributed by atoms with Crippen LogP contribution in [0.1, 0.15) is 30.5 Å². The first-order chi connectivity index (χ1) is 14.6. The molecule has 0 unspecified atom stereocenters. The summed E-state index contributed by atoms with van der Waals surface area (Å²) in [6, 6.07) is 8.30. The van der Waals surface area contributed by atoms with E-state index < -0.39 is 11.6 Å². The molecule has 0 amide bonds. The van der Waals surface area contributed by atoms with Crippen molar-refractivity contribution in [1.82, 2.24) is 19.9 Å². The first kappa shape index (κ1) is 18.6. The van der Waals surface area contributed by atoms with Crippen LogP contribution in [-0.2, 0) is 6.54 Å². The van der Waals surface area contributed by atoms with Gasteiger partial charge in [-0.15, -0.1) is 0 Å². The molecule has 0 atom stereocenters. The zero-order valence-corrected chi connectivity index (χ0v) is 16.3. The molecule has 150 valence electrons. The molecular weight excluding hydrogens is 384 g/mol. The zero-order valence-electron chi connectivity index (χ0n) is 16.3. The van der Waals surface area contributed by atoms with E-state index in [4.69, 9.17) is 5.26 Å². The predicted octanol–water partition coefficient (Wildman–Crippen LogP) is 4.91. The number of aromatic nitrogens is 3. The number of pyridine rings is 2. The Labute approximate surface area is 172 Å². The molecule has 4 heterocycles. The number of rotatable bonds is 3. The molecule has 1 fully saturated rings. The molecule has 1 saturated heterocycles. The average molecular weight is 403 g/mol. The van der Waals surface area contributed by atoms with Gasteiger partial charge in [0, 0.05) is 34.6 Å². The Balaban J connectivity index is 1.54. The van der Waals surface area contributed by atoms with Crippen LogP contribution in [0.15, 0.2) is 36.7 Å². The normalized spacial score (nSPS) is 15.0. The molecule has 0 radical (unpaired) electrons. The molecule has 5 rings (SSSR count). The summed E-state index contributed by atoms with van der Waals surface area (Å²) >= 11 is 0. The number of nitriles is 1. The van der Waals surface area contributed by atoms with Crippen molar-refractivity contribution in [3.8, 4) is 17.2 Å². The van der Waals surface area contributed by atoms with Crippen molar-refractivity contribution in [2.75, 3.05) is 13.1 Å². The van der Waals surface area contributed by atoms with Crippen LogP contribution in [0.25, 0.3) is 33.1 Å². The fourth-order valence-corrected chi connectivity index (χ4v) is 4.16. The second-order valence-corrected chi connectivity index (χ2v) is 7.73. The molecule has 0 spiro atoms. The van der Waals surface area contributed by atoms with Gasteiger partial charge in [-0.05, 0) is 55.8 Å². The van der Waals surface area contributed by atoms with E-state index in [1.165, 1.54) is 18.6 Å². The minimum absolute atomic E-state index is 0.117. The first-order valence-electron chi connectivity index (χ1n) is 10.0. The number of benzene rings is 1. The van der Waals surface area contributed by atoms with Gasteiger partial charge in [0.1, 0.15) is 29.0 Å². The average Bonchev–Trinajstić information content (AvgIpc) is 3.14. The molecule has 7 heteroatoms. The van der Waals surface area contributed by atoms with Crippen molar-refractivity contribution in [2.45, 2.75) is 25.8 Å². The van der Waals surface area contributed by atoms with Crippen LogP contribution in [-0.4, -0.2) is 32.9 Å². The minimum Gasteiger partial charge on any atom is -0.338 e. The van der Waals surface area contributed by atoms with Gasteiger partial charge in [0.2, 0.25) is 0 Å². The van der Waals surface area contributed by atoms with Gasteiger partial charge in [0.25, 0.3) is 0 Å². The van der Waals surface area contributed by atoms with Crippen LogP contribution >= 0.6 is 0 Å². The largest absolute Gasteiger partial charge is 0.338 e. The summed E-state index contributed by atoms with van der Waals surface area (Å²) in [6.45, 7) is 2.05. The number of nitrogens with one attached hydrogen (secondary N) is 1. The Morgan fingerprint density at radius 1 is 0.933 bits per heavy atom. The maximum atomic E-state index is 14.8. The number of likely N-dealkylation sites (tertiary alicyclic amines) is 1. The maximum absolute atomic E-state index is 14.8. The molecule has 5 nitrogen and oxygen atoms in total. The van der Waals surface area contributed by atoms with Crippen LogP contribution in [0.3, 0.4) is 0 Å². The van der Waals surface area contributed by atoms with Gasteiger partial charge >= 0.3 is 0 Å². The standard InChI is InChI=1S/C23H19F2N5/c24-20-7-14(8-21(25)19(20)13-30-4-2-1-3-5-30)15-6-18-17-9-16(10-26)27-12-22(17)29-23(18)28-11-15/h6-9,11-12H,1-5,13H2,(H,28,29). The van der Waals surface area contributed by atoms with E-state index in [2.05, 4.69) is 19.9 Å². The Bertz CT molecular complexity index is 1280. The van der Waals surface area contributed by atoms with Crippen molar-refractivity contribution in [1.29, 1.82) is 5.26 Å². The highest BCUT2D eigenvalue weighted by atomic mass is 19.1. The van der Waals surface area contributed by atoms with Gasteiger partial charge in [0.05, 0.1) is 11.7 Å². The van der Waals surface area contributed by atoms with Crippen LogP contribution in [0.5, 0.6) is 0 Å². The Kier molecular flexibility index (Phi) is 4.64. The highest BCUT2D eigenvalue weighted by molar-refractivity contribution is 6.06. The lowest BCUT2D eigenvalue weighted by Crippen LogP contribution is -2.29. The van der Waals surface area contributed by atoms with E-state index in [0.717, 1.165) is 42.2 Å². The summed E-state index contributed by atoms with van der Waals surface area (Å²) in [5.41, 5.74) is 2.85. The van der Waals surface area contributed by atoms with Gasteiger partial charge in [-0.25, -0.2) is 18.7 Å². The molecule has 1 aliphatic rings. The molecule has 0 saturated carbocycles. The molecule has 1 aromatic carbocycles. The summed E-state index contributed by atoms with van der Waals surface area (Å²) in [7, 11) is 0. The van der Waals surface area contributed by atoms with Crippen molar-refractivity contribution in [2.24, 2.45) is 0 Å². The number of halogens is 2. The van der Waals surface area contributed by atoms with Crippen LogP contribution < -0.4 is 0 Å². The van der Waals surface area contributed by atoms with E-state index in [1.54, 1.807) is 18.5 Å². The lowest BCUT2D eigenvalue weighted by molar-refractivity contribution is 0.215. The molecule has 1 aliphatic heterocycles. The fraction of sp³-hybridized carbons (Fsp3) is 0.261. The van der Waals surface area contributed by atoms with Crippen LogP contribution in [0, 0.1) is 23.0 Å². The van der Waals surface area contributed by atoms with Gasteiger partial charge in [-0.1, -0.05) is 6.42 Å². The number of nitrogens with zero attached hydrogens (tertiary/aromatic N) is 4. The minimum atomic E-state index is -0.537. The van der Waals surface area contributed by atoms with Crippen molar-refractivity contribution < 1.29 is 8.78 Å². The summed E-state index contributed by atoms with van der Waals surface area (Å²) < 4.78 is 29.6. The summed E-state index contributed by atoms with van der Waals surface area (Å²) in [5.74, 6) is -1.07. The predicted molar refractivity (Wildman–Crippen MR) is 111 cm³/mol. The number of H-pyrrole nitrogens is 1. The van der Waals surface area contributed by atoms with Crippen molar-refractivity contribution in [3.63, 3.8) is 0 Å². The third kappa shape index (κ3) is 3.29. The molecule has 1 N–H and O–H groups in total. The van der Waals surface area contributed by atoms with E-state index in [0.29, 0.717) is 29.0 Å². The van der Waals surface area contributed by atoms with E-state index in [-0.39, 0.29) is 5.56 Å². The summed E-state index contributed by atoms with van der Waals surface area (Å²) in [4.78, 5) is 13.7. The van der Waals surface area contributed by atoms with Crippen LogP contribution in [0.4, 0.5) is 8.78 Å². The lowest BCUT2D eigenvalue weighted by Gasteiger charge is -2.26. The first-order valence-corrected chi connectivity index (χ1v) is 10.0. The molecule has 0 bridgehead atoms. The van der Waals surface area contributed by atoms with E-state index in [1.807, 2.05) is 12.1 Å². The highest BCUT2D eigenvalue weighted by Gasteiger charge is 2.18. The third-order valence-electron chi connectivity index (χ3n) is 5.75. The van der Waals surface area contributed by atoms with Crippen molar-refractivity contribution in [3.05, 3.63) is 59.6 Å². The second-order valence-electron chi connectivity index (χ2n) is 7.73. The molecule has 0 aliphatic carbocycles. The number of hydrogen-bond acceptors (Lipinski definition) is 4. The topological polar surface area (TPSA) is 68.6 Å². The van der Waals surface area contributed by atoms with Gasteiger partial charge in [-0.3, -0.25) is 4.90 Å². The number of hydrogen-bond donors (Lipinski definition) is 1. The fourth-order valence-electron chi connectivity index (χ4n) is 4.16. The highest BCUT2D eigenvalue weighted by Crippen LogP contribution is 2.30. The van der Waals surface area contributed by atoms with E-state index >= 15 is 0 Å². The van der Waals surface area contributed by atoms with Gasteiger partial charge in [0.15, 0.2) is 0 Å². The number of piperidine rings is 1. The van der Waals surface area contributed by atoms with Gasteiger partial charge in [-0.2, -0.15) is 5.26 Å². The Hall–Kier alpha value is -3.37. The Morgan fingerprint density at radius 3 is 2.43 bits per heavy atom. The zero-order chi connectivity index (χ0) is 20.7. The lowest BCUT2D eigenvalue weighted by atomic mass is 10.0. The SMILES string of the molecule is N#Cc1cc2c(cn1)[nH]c1ncc(-c3cc(F)c(CN4CCCCC4)c(F)c3)cc12. The molecule has 4 aromatic rings. The van der Waals surface area contributed by atoms with Crippen LogP contribution in [0.2, 0.25) is 0 Å². The maximum Gasteiger partial charge on any atom is 0.141 e. The number of fused-ring (bicyclic) bond motifs is 3. The molecule has 30 heavy (non-hydrogen) atoms. The quantitative estimate of drug-likeness (QED) is 0.528. The Morgan fingerprint density at radius 2 is 1.70 bits per heavy atom.